The van der Waals surface area contributed by atoms with Crippen molar-refractivity contribution >= 4 is 15.7 Å². The van der Waals surface area contributed by atoms with Crippen molar-refractivity contribution < 1.29 is 8.42 Å². The van der Waals surface area contributed by atoms with Gasteiger partial charge in [0, 0.05) is 7.05 Å². The molecule has 0 saturated heterocycles. The third-order valence-corrected chi connectivity index (χ3v) is 5.68. The van der Waals surface area contributed by atoms with Gasteiger partial charge in [-0.15, -0.1) is 0 Å². The van der Waals surface area contributed by atoms with Crippen LogP contribution in [0.1, 0.15) is 27.9 Å². The summed E-state index contributed by atoms with van der Waals surface area (Å²) in [6.07, 6.45) is 1.53. The van der Waals surface area contributed by atoms with Gasteiger partial charge in [-0.1, -0.05) is 6.07 Å². The van der Waals surface area contributed by atoms with Gasteiger partial charge in [0.05, 0.1) is 22.5 Å². The summed E-state index contributed by atoms with van der Waals surface area (Å²) in [6, 6.07) is 2.01. The highest BCUT2D eigenvalue weighted by atomic mass is 32.2. The summed E-state index contributed by atoms with van der Waals surface area (Å²) in [7, 11) is -1.85. The Balaban J connectivity index is 2.58. The van der Waals surface area contributed by atoms with E-state index in [0.717, 1.165) is 27.9 Å². The summed E-state index contributed by atoms with van der Waals surface area (Å²) in [4.78, 5) is 0.364. The van der Waals surface area contributed by atoms with Crippen molar-refractivity contribution in [1.82, 2.24) is 9.78 Å². The first-order valence-electron chi connectivity index (χ1n) is 6.74. The van der Waals surface area contributed by atoms with Gasteiger partial charge in [-0.05, 0) is 56.9 Å². The van der Waals surface area contributed by atoms with Gasteiger partial charge in [0.2, 0.25) is 0 Å². The van der Waals surface area contributed by atoms with E-state index in [1.165, 1.54) is 6.20 Å². The Hall–Kier alpha value is -1.82. The molecule has 1 aromatic carbocycles. The largest absolute Gasteiger partial charge is 0.276 e. The van der Waals surface area contributed by atoms with Crippen LogP contribution in [0, 0.1) is 34.6 Å². The molecule has 0 radical (unpaired) electrons. The number of aromatic nitrogens is 2. The maximum Gasteiger partial charge on any atom is 0.262 e. The highest BCUT2D eigenvalue weighted by Gasteiger charge is 2.23. The molecular formula is C15H21N3O2S. The SMILES string of the molecule is Cc1cc(C)c(C)c(S(=O)(=O)Nc2cnn(C)c2C)c1C. The number of rotatable bonds is 3. The van der Waals surface area contributed by atoms with Crippen LogP contribution in [0.2, 0.25) is 0 Å². The van der Waals surface area contributed by atoms with Gasteiger partial charge in [0.25, 0.3) is 10.0 Å². The van der Waals surface area contributed by atoms with Gasteiger partial charge < -0.3 is 0 Å². The molecule has 0 aliphatic rings. The highest BCUT2D eigenvalue weighted by molar-refractivity contribution is 7.92. The van der Waals surface area contributed by atoms with E-state index in [4.69, 9.17) is 0 Å². The molecule has 1 heterocycles. The van der Waals surface area contributed by atoms with E-state index in [-0.39, 0.29) is 0 Å². The lowest BCUT2D eigenvalue weighted by Gasteiger charge is -2.16. The van der Waals surface area contributed by atoms with Crippen LogP contribution in [-0.4, -0.2) is 18.2 Å². The predicted molar refractivity (Wildman–Crippen MR) is 84.1 cm³/mol. The standard InChI is InChI=1S/C15H21N3O2S/c1-9-7-10(2)12(4)15(11(9)3)21(19,20)17-14-8-16-18(6)13(14)5/h7-8,17H,1-6H3. The number of nitrogens with one attached hydrogen (secondary N) is 1. The molecule has 1 aromatic heterocycles. The smallest absolute Gasteiger partial charge is 0.262 e. The lowest BCUT2D eigenvalue weighted by atomic mass is 10.0. The molecule has 0 saturated carbocycles. The molecule has 0 bridgehead atoms. The second-order valence-electron chi connectivity index (χ2n) is 5.46. The lowest BCUT2D eigenvalue weighted by molar-refractivity contribution is 0.599. The van der Waals surface area contributed by atoms with Crippen LogP contribution >= 0.6 is 0 Å². The minimum absolute atomic E-state index is 0.364. The Bertz CT molecular complexity index is 779. The first kappa shape index (κ1) is 15.6. The molecular weight excluding hydrogens is 286 g/mol. The van der Waals surface area contributed by atoms with E-state index in [1.807, 2.05) is 40.7 Å². The second kappa shape index (κ2) is 5.18. The number of hydrogen-bond donors (Lipinski definition) is 1. The number of sulfonamides is 1. The first-order valence-corrected chi connectivity index (χ1v) is 8.22. The van der Waals surface area contributed by atoms with E-state index < -0.39 is 10.0 Å². The summed E-state index contributed by atoms with van der Waals surface area (Å²) >= 11 is 0. The molecule has 0 aliphatic carbocycles. The van der Waals surface area contributed by atoms with Gasteiger partial charge in [-0.3, -0.25) is 9.40 Å². The topological polar surface area (TPSA) is 64.0 Å². The van der Waals surface area contributed by atoms with Gasteiger partial charge in [-0.2, -0.15) is 5.10 Å². The van der Waals surface area contributed by atoms with E-state index >= 15 is 0 Å². The fourth-order valence-electron chi connectivity index (χ4n) is 2.38. The zero-order valence-electron chi connectivity index (χ0n) is 13.3. The number of benzene rings is 1. The normalized spacial score (nSPS) is 11.7. The maximum absolute atomic E-state index is 12.8. The lowest BCUT2D eigenvalue weighted by Crippen LogP contribution is -2.17. The Kier molecular flexibility index (Phi) is 3.84. The van der Waals surface area contributed by atoms with E-state index in [9.17, 15) is 8.42 Å². The Labute approximate surface area is 126 Å². The molecule has 0 unspecified atom stereocenters. The molecule has 2 aromatic rings. The monoisotopic (exact) mass is 307 g/mol. The van der Waals surface area contributed by atoms with Crippen LogP contribution in [-0.2, 0) is 17.1 Å². The van der Waals surface area contributed by atoms with Crippen molar-refractivity contribution in [2.24, 2.45) is 7.05 Å². The number of aryl methyl sites for hydroxylation is 3. The molecule has 5 nitrogen and oxygen atoms in total. The van der Waals surface area contributed by atoms with Crippen LogP contribution in [0.4, 0.5) is 5.69 Å². The van der Waals surface area contributed by atoms with E-state index in [0.29, 0.717) is 10.6 Å². The fraction of sp³-hybridized carbons (Fsp3) is 0.400. The second-order valence-corrected chi connectivity index (χ2v) is 7.08. The molecule has 1 N–H and O–H groups in total. The molecule has 0 aliphatic heterocycles. The van der Waals surface area contributed by atoms with Crippen molar-refractivity contribution in [2.75, 3.05) is 4.72 Å². The zero-order chi connectivity index (χ0) is 15.9. The average molecular weight is 307 g/mol. The van der Waals surface area contributed by atoms with Crippen molar-refractivity contribution in [3.8, 4) is 0 Å². The minimum atomic E-state index is -3.63. The summed E-state index contributed by atoms with van der Waals surface area (Å²) in [6.45, 7) is 9.36. The third-order valence-electron chi connectivity index (χ3n) is 4.05. The third kappa shape index (κ3) is 2.68. The van der Waals surface area contributed by atoms with Gasteiger partial charge in [0.15, 0.2) is 0 Å². The predicted octanol–water partition coefficient (Wildman–Crippen LogP) is 2.76. The quantitative estimate of drug-likeness (QED) is 0.948. The van der Waals surface area contributed by atoms with E-state index in [1.54, 1.807) is 11.7 Å². The zero-order valence-corrected chi connectivity index (χ0v) is 14.1. The Morgan fingerprint density at radius 3 is 2.00 bits per heavy atom. The first-order chi connectivity index (χ1) is 9.65. The van der Waals surface area contributed by atoms with Crippen molar-refractivity contribution in [2.45, 2.75) is 39.5 Å². The molecule has 6 heteroatoms. The number of hydrogen-bond acceptors (Lipinski definition) is 3. The van der Waals surface area contributed by atoms with Crippen molar-refractivity contribution in [1.29, 1.82) is 0 Å². The van der Waals surface area contributed by atoms with Crippen molar-refractivity contribution in [3.63, 3.8) is 0 Å². The number of nitrogens with zero attached hydrogens (tertiary/aromatic N) is 2. The number of anilines is 1. The van der Waals surface area contributed by atoms with Gasteiger partial charge in [0.1, 0.15) is 0 Å². The molecule has 0 fully saturated rings. The minimum Gasteiger partial charge on any atom is -0.276 e. The van der Waals surface area contributed by atoms with Crippen molar-refractivity contribution in [3.05, 3.63) is 40.2 Å². The molecule has 21 heavy (non-hydrogen) atoms. The molecule has 0 atom stereocenters. The van der Waals surface area contributed by atoms with Crippen LogP contribution < -0.4 is 4.72 Å². The Morgan fingerprint density at radius 1 is 1.05 bits per heavy atom. The van der Waals surface area contributed by atoms with Crippen LogP contribution in [0.5, 0.6) is 0 Å². The highest BCUT2D eigenvalue weighted by Crippen LogP contribution is 2.28. The van der Waals surface area contributed by atoms with Crippen LogP contribution in [0.3, 0.4) is 0 Å². The average Bonchev–Trinajstić information content (AvgIpc) is 2.68. The van der Waals surface area contributed by atoms with Gasteiger partial charge in [-0.25, -0.2) is 8.42 Å². The van der Waals surface area contributed by atoms with Gasteiger partial charge >= 0.3 is 0 Å². The van der Waals surface area contributed by atoms with Crippen LogP contribution in [0.25, 0.3) is 0 Å². The maximum atomic E-state index is 12.8. The molecule has 2 rings (SSSR count). The molecule has 0 spiro atoms. The summed E-state index contributed by atoms with van der Waals surface area (Å²) < 4.78 is 29.8. The fourth-order valence-corrected chi connectivity index (χ4v) is 4.10. The summed E-state index contributed by atoms with van der Waals surface area (Å²) in [5.74, 6) is 0. The summed E-state index contributed by atoms with van der Waals surface area (Å²) in [5.41, 5.74) is 4.80. The van der Waals surface area contributed by atoms with Crippen LogP contribution in [0.15, 0.2) is 17.2 Å². The molecule has 114 valence electrons. The summed E-state index contributed by atoms with van der Waals surface area (Å²) in [5, 5.41) is 4.06. The van der Waals surface area contributed by atoms with E-state index in [2.05, 4.69) is 9.82 Å². The Morgan fingerprint density at radius 2 is 1.57 bits per heavy atom. The molecule has 0 amide bonds.